The van der Waals surface area contributed by atoms with Gasteiger partial charge < -0.3 is 10.6 Å². The fourth-order valence-electron chi connectivity index (χ4n) is 2.87. The molecule has 0 radical (unpaired) electrons. The van der Waals surface area contributed by atoms with E-state index in [-0.39, 0.29) is 17.3 Å². The molecule has 1 amide bonds. The number of aryl methyl sites for hydroxylation is 1. The van der Waals surface area contributed by atoms with E-state index >= 15 is 0 Å². The quantitative estimate of drug-likeness (QED) is 0.702. The van der Waals surface area contributed by atoms with Crippen LogP contribution in [0.5, 0.6) is 0 Å². The molecule has 1 aromatic heterocycles. The highest BCUT2D eigenvalue weighted by atomic mass is 19.1. The Morgan fingerprint density at radius 2 is 1.85 bits per heavy atom. The predicted molar refractivity (Wildman–Crippen MR) is 103 cm³/mol. The summed E-state index contributed by atoms with van der Waals surface area (Å²) in [5.41, 5.74) is 1.76. The standard InChI is InChI=1S/C21H22FN3O/c1-13-7-5-10-16-18(13)17(20(26)25-21(2,3)4)12-23-19(16)24-15-9-6-8-14(22)11-15/h5-12H,1-4H3,(H,23,24)(H,25,26). The first-order valence-electron chi connectivity index (χ1n) is 8.48. The van der Waals surface area contributed by atoms with Crippen molar-refractivity contribution in [1.29, 1.82) is 0 Å². The number of hydrogen-bond acceptors (Lipinski definition) is 3. The molecular weight excluding hydrogens is 329 g/mol. The normalized spacial score (nSPS) is 11.4. The second kappa shape index (κ2) is 6.75. The number of halogens is 1. The number of aromatic nitrogens is 1. The van der Waals surface area contributed by atoms with Crippen LogP contribution in [0.3, 0.4) is 0 Å². The monoisotopic (exact) mass is 351 g/mol. The fourth-order valence-corrected chi connectivity index (χ4v) is 2.87. The van der Waals surface area contributed by atoms with E-state index in [0.717, 1.165) is 16.3 Å². The van der Waals surface area contributed by atoms with Crippen molar-refractivity contribution in [2.75, 3.05) is 5.32 Å². The Kier molecular flexibility index (Phi) is 4.64. The zero-order chi connectivity index (χ0) is 18.9. The van der Waals surface area contributed by atoms with E-state index in [1.807, 2.05) is 45.9 Å². The van der Waals surface area contributed by atoms with Crippen LogP contribution in [0.2, 0.25) is 0 Å². The van der Waals surface area contributed by atoms with Crippen molar-refractivity contribution >= 4 is 28.2 Å². The second-order valence-electron chi connectivity index (χ2n) is 7.36. The van der Waals surface area contributed by atoms with E-state index in [1.54, 1.807) is 18.3 Å². The lowest BCUT2D eigenvalue weighted by Crippen LogP contribution is -2.40. The van der Waals surface area contributed by atoms with Crippen molar-refractivity contribution < 1.29 is 9.18 Å². The molecule has 0 aliphatic carbocycles. The lowest BCUT2D eigenvalue weighted by molar-refractivity contribution is 0.0921. The number of carbonyl (C=O) groups excluding carboxylic acids is 1. The minimum Gasteiger partial charge on any atom is -0.347 e. The Balaban J connectivity index is 2.10. The van der Waals surface area contributed by atoms with E-state index in [1.165, 1.54) is 12.1 Å². The van der Waals surface area contributed by atoms with Gasteiger partial charge in [0.25, 0.3) is 5.91 Å². The number of hydrogen-bond donors (Lipinski definition) is 2. The Morgan fingerprint density at radius 1 is 1.12 bits per heavy atom. The van der Waals surface area contributed by atoms with Gasteiger partial charge in [-0.05, 0) is 51.5 Å². The van der Waals surface area contributed by atoms with Crippen molar-refractivity contribution in [3.63, 3.8) is 0 Å². The lowest BCUT2D eigenvalue weighted by Gasteiger charge is -2.21. The molecule has 0 saturated carbocycles. The maximum absolute atomic E-state index is 13.5. The number of rotatable bonds is 3. The molecule has 0 aliphatic heterocycles. The first-order valence-corrected chi connectivity index (χ1v) is 8.48. The van der Waals surface area contributed by atoms with Gasteiger partial charge in [-0.2, -0.15) is 0 Å². The molecule has 0 bridgehead atoms. The molecule has 3 aromatic rings. The molecule has 0 aliphatic rings. The highest BCUT2D eigenvalue weighted by Gasteiger charge is 2.20. The molecule has 0 fully saturated rings. The van der Waals surface area contributed by atoms with Crippen LogP contribution in [0.15, 0.2) is 48.7 Å². The molecular formula is C21H22FN3O. The first-order chi connectivity index (χ1) is 12.2. The van der Waals surface area contributed by atoms with Crippen LogP contribution in [0, 0.1) is 12.7 Å². The van der Waals surface area contributed by atoms with Gasteiger partial charge in [-0.25, -0.2) is 9.37 Å². The fraction of sp³-hybridized carbons (Fsp3) is 0.238. The third-order valence-corrected chi connectivity index (χ3v) is 3.94. The highest BCUT2D eigenvalue weighted by Crippen LogP contribution is 2.29. The van der Waals surface area contributed by atoms with E-state index in [4.69, 9.17) is 0 Å². The number of anilines is 2. The molecule has 0 atom stereocenters. The number of amides is 1. The van der Waals surface area contributed by atoms with Crippen LogP contribution in [-0.4, -0.2) is 16.4 Å². The van der Waals surface area contributed by atoms with Crippen molar-refractivity contribution in [1.82, 2.24) is 10.3 Å². The van der Waals surface area contributed by atoms with Gasteiger partial charge >= 0.3 is 0 Å². The van der Waals surface area contributed by atoms with Gasteiger partial charge in [0.2, 0.25) is 0 Å². The average molecular weight is 351 g/mol. The van der Waals surface area contributed by atoms with E-state index in [9.17, 15) is 9.18 Å². The highest BCUT2D eigenvalue weighted by molar-refractivity contribution is 6.10. The van der Waals surface area contributed by atoms with Gasteiger partial charge in [-0.3, -0.25) is 4.79 Å². The molecule has 2 aromatic carbocycles. The van der Waals surface area contributed by atoms with Gasteiger partial charge in [0.1, 0.15) is 11.6 Å². The number of benzene rings is 2. The van der Waals surface area contributed by atoms with Crippen LogP contribution in [0.4, 0.5) is 15.9 Å². The number of pyridine rings is 1. The van der Waals surface area contributed by atoms with E-state index < -0.39 is 0 Å². The summed E-state index contributed by atoms with van der Waals surface area (Å²) in [4.78, 5) is 17.1. The largest absolute Gasteiger partial charge is 0.347 e. The molecule has 2 N–H and O–H groups in total. The summed E-state index contributed by atoms with van der Waals surface area (Å²) in [7, 11) is 0. The molecule has 134 valence electrons. The smallest absolute Gasteiger partial charge is 0.253 e. The summed E-state index contributed by atoms with van der Waals surface area (Å²) in [5, 5.41) is 7.78. The molecule has 0 spiro atoms. The number of nitrogens with one attached hydrogen (secondary N) is 2. The first kappa shape index (κ1) is 17.9. The third-order valence-electron chi connectivity index (χ3n) is 3.94. The zero-order valence-corrected chi connectivity index (χ0v) is 15.4. The van der Waals surface area contributed by atoms with Crippen molar-refractivity contribution in [3.8, 4) is 0 Å². The van der Waals surface area contributed by atoms with Gasteiger partial charge in [0, 0.05) is 28.2 Å². The summed E-state index contributed by atoms with van der Waals surface area (Å²) < 4.78 is 13.5. The summed E-state index contributed by atoms with van der Waals surface area (Å²) in [6.07, 6.45) is 1.57. The van der Waals surface area contributed by atoms with E-state index in [0.29, 0.717) is 17.1 Å². The lowest BCUT2D eigenvalue weighted by atomic mass is 10.00. The minimum absolute atomic E-state index is 0.165. The zero-order valence-electron chi connectivity index (χ0n) is 15.4. The van der Waals surface area contributed by atoms with Gasteiger partial charge in [-0.1, -0.05) is 24.3 Å². The third kappa shape index (κ3) is 3.82. The van der Waals surface area contributed by atoms with Crippen molar-refractivity contribution in [2.24, 2.45) is 0 Å². The molecule has 26 heavy (non-hydrogen) atoms. The molecule has 0 saturated heterocycles. The van der Waals surface area contributed by atoms with Gasteiger partial charge in [-0.15, -0.1) is 0 Å². The molecule has 4 nitrogen and oxygen atoms in total. The number of carbonyl (C=O) groups is 1. The molecule has 5 heteroatoms. The Morgan fingerprint density at radius 3 is 2.54 bits per heavy atom. The average Bonchev–Trinajstić information content (AvgIpc) is 2.54. The van der Waals surface area contributed by atoms with Crippen LogP contribution >= 0.6 is 0 Å². The summed E-state index contributed by atoms with van der Waals surface area (Å²) in [6, 6.07) is 12.0. The van der Waals surface area contributed by atoms with Gasteiger partial charge in [0.15, 0.2) is 0 Å². The maximum atomic E-state index is 13.5. The van der Waals surface area contributed by atoms with Crippen LogP contribution < -0.4 is 10.6 Å². The predicted octanol–water partition coefficient (Wildman–Crippen LogP) is 4.95. The van der Waals surface area contributed by atoms with Crippen molar-refractivity contribution in [3.05, 3.63) is 65.6 Å². The Labute approximate surface area is 152 Å². The van der Waals surface area contributed by atoms with Gasteiger partial charge in [0.05, 0.1) is 5.56 Å². The van der Waals surface area contributed by atoms with Crippen LogP contribution in [0.25, 0.3) is 10.8 Å². The Bertz CT molecular complexity index is 977. The number of nitrogens with zero attached hydrogens (tertiary/aromatic N) is 1. The SMILES string of the molecule is Cc1cccc2c(Nc3cccc(F)c3)ncc(C(=O)NC(C)(C)C)c12. The van der Waals surface area contributed by atoms with E-state index in [2.05, 4.69) is 15.6 Å². The summed E-state index contributed by atoms with van der Waals surface area (Å²) in [6.45, 7) is 7.77. The Hall–Kier alpha value is -2.95. The summed E-state index contributed by atoms with van der Waals surface area (Å²) >= 11 is 0. The minimum atomic E-state index is -0.343. The molecule has 1 heterocycles. The van der Waals surface area contributed by atoms with Crippen LogP contribution in [-0.2, 0) is 0 Å². The van der Waals surface area contributed by atoms with Crippen molar-refractivity contribution in [2.45, 2.75) is 33.2 Å². The second-order valence-corrected chi connectivity index (χ2v) is 7.36. The topological polar surface area (TPSA) is 54.0 Å². The summed E-state index contributed by atoms with van der Waals surface area (Å²) in [5.74, 6) is 0.0971. The molecule has 0 unspecified atom stereocenters. The maximum Gasteiger partial charge on any atom is 0.253 e. The molecule has 3 rings (SSSR count). The van der Waals surface area contributed by atoms with Crippen LogP contribution in [0.1, 0.15) is 36.7 Å². The number of fused-ring (bicyclic) bond motifs is 1.